The molecule has 0 saturated carbocycles. The van der Waals surface area contributed by atoms with E-state index in [0.29, 0.717) is 16.5 Å². The number of H-pyrrole nitrogens is 1. The Morgan fingerprint density at radius 3 is 2.27 bits per heavy atom. The maximum Gasteiger partial charge on any atom is 0.231 e. The monoisotopic (exact) mass is 383 g/mol. The van der Waals surface area contributed by atoms with Crippen LogP contribution in [0.2, 0.25) is 5.02 Å². The van der Waals surface area contributed by atoms with E-state index in [2.05, 4.69) is 15.3 Å². The van der Waals surface area contributed by atoms with Crippen LogP contribution in [-0.4, -0.2) is 21.5 Å². The number of Topliss-reactive ketones (excluding diaryl/α,β-unsaturated/α-hetero) is 2. The van der Waals surface area contributed by atoms with Crippen LogP contribution in [0.25, 0.3) is 11.4 Å². The normalized spacial score (nSPS) is 13.8. The fraction of sp³-hybridized carbons (Fsp3) is 0. The van der Waals surface area contributed by atoms with E-state index in [0.717, 1.165) is 5.56 Å². The predicted octanol–water partition coefficient (Wildman–Crippen LogP) is 4.67. The highest BCUT2D eigenvalue weighted by atomic mass is 35.5. The second kappa shape index (κ2) is 6.44. The molecule has 0 fully saturated rings. The molecular formula is C19H11Cl2N3O2. The number of allylic oxidation sites excluding steroid dienone is 2. The van der Waals surface area contributed by atoms with Crippen LogP contribution in [0.3, 0.4) is 0 Å². The molecule has 0 amide bonds. The lowest BCUT2D eigenvalue weighted by Crippen LogP contribution is -2.24. The van der Waals surface area contributed by atoms with Crippen molar-refractivity contribution in [3.63, 3.8) is 0 Å². The van der Waals surface area contributed by atoms with Crippen LogP contribution < -0.4 is 5.32 Å². The van der Waals surface area contributed by atoms with Crippen molar-refractivity contribution in [2.24, 2.45) is 0 Å². The summed E-state index contributed by atoms with van der Waals surface area (Å²) in [7, 11) is 0. The van der Waals surface area contributed by atoms with E-state index < -0.39 is 11.6 Å². The fourth-order valence-corrected chi connectivity index (χ4v) is 3.02. The van der Waals surface area contributed by atoms with Crippen molar-refractivity contribution in [3.8, 4) is 11.4 Å². The number of benzene rings is 2. The second-order valence-corrected chi connectivity index (χ2v) is 6.47. The molecule has 1 aliphatic carbocycles. The minimum absolute atomic E-state index is 0.00222. The summed E-state index contributed by atoms with van der Waals surface area (Å²) in [5.74, 6) is -0.486. The number of hydrogen-bond donors (Lipinski definition) is 2. The summed E-state index contributed by atoms with van der Waals surface area (Å²) < 4.78 is 0. The lowest BCUT2D eigenvalue weighted by Gasteiger charge is -2.15. The molecule has 2 aromatic carbocycles. The highest BCUT2D eigenvalue weighted by molar-refractivity contribution is 6.50. The maximum absolute atomic E-state index is 12.8. The van der Waals surface area contributed by atoms with Gasteiger partial charge in [-0.05, 0) is 24.3 Å². The van der Waals surface area contributed by atoms with Crippen molar-refractivity contribution in [1.82, 2.24) is 9.97 Å². The number of carbonyl (C=O) groups is 2. The van der Waals surface area contributed by atoms with Gasteiger partial charge in [-0.3, -0.25) is 9.59 Å². The van der Waals surface area contributed by atoms with Crippen molar-refractivity contribution in [3.05, 3.63) is 81.7 Å². The van der Waals surface area contributed by atoms with Gasteiger partial charge >= 0.3 is 0 Å². The van der Waals surface area contributed by atoms with E-state index >= 15 is 0 Å². The molecule has 5 nitrogen and oxygen atoms in total. The van der Waals surface area contributed by atoms with Crippen LogP contribution in [-0.2, 0) is 0 Å². The topological polar surface area (TPSA) is 74.8 Å². The number of ketones is 2. The Hall–Kier alpha value is -2.89. The molecule has 0 radical (unpaired) electrons. The Balaban J connectivity index is 1.73. The van der Waals surface area contributed by atoms with Crippen LogP contribution >= 0.6 is 23.2 Å². The third kappa shape index (κ3) is 2.81. The van der Waals surface area contributed by atoms with Gasteiger partial charge in [0.05, 0.1) is 0 Å². The van der Waals surface area contributed by atoms with Crippen LogP contribution in [0, 0.1) is 0 Å². The molecule has 1 aromatic heterocycles. The average Bonchev–Trinajstić information content (AvgIpc) is 3.11. The van der Waals surface area contributed by atoms with Crippen LogP contribution in [0.1, 0.15) is 21.0 Å². The number of rotatable bonds is 3. The lowest BCUT2D eigenvalue weighted by molar-refractivity contribution is 0.0977. The van der Waals surface area contributed by atoms with Crippen molar-refractivity contribution in [2.75, 3.05) is 5.32 Å². The zero-order chi connectivity index (χ0) is 18.3. The Morgan fingerprint density at radius 2 is 1.58 bits per heavy atom. The van der Waals surface area contributed by atoms with Gasteiger partial charge in [0.1, 0.15) is 27.9 Å². The molecule has 26 heavy (non-hydrogen) atoms. The summed E-state index contributed by atoms with van der Waals surface area (Å²) in [6.07, 6.45) is 0. The number of nitrogens with one attached hydrogen (secondary N) is 2. The third-order valence-electron chi connectivity index (χ3n) is 3.95. The Labute approximate surface area is 158 Å². The van der Waals surface area contributed by atoms with Gasteiger partial charge < -0.3 is 10.3 Å². The summed E-state index contributed by atoms with van der Waals surface area (Å²) >= 11 is 12.0. The molecule has 2 N–H and O–H groups in total. The summed E-state index contributed by atoms with van der Waals surface area (Å²) in [4.78, 5) is 32.6. The number of aromatic amines is 1. The minimum atomic E-state index is -0.479. The number of aromatic nitrogens is 2. The summed E-state index contributed by atoms with van der Waals surface area (Å²) in [6.45, 7) is 0. The first kappa shape index (κ1) is 16.6. The van der Waals surface area contributed by atoms with Gasteiger partial charge in [0.25, 0.3) is 0 Å². The van der Waals surface area contributed by atoms with E-state index in [1.54, 1.807) is 24.3 Å². The zero-order valence-electron chi connectivity index (χ0n) is 13.2. The Morgan fingerprint density at radius 1 is 0.885 bits per heavy atom. The van der Waals surface area contributed by atoms with Crippen molar-refractivity contribution < 1.29 is 9.59 Å². The quantitative estimate of drug-likeness (QED) is 0.688. The SMILES string of the molecule is O=C1C(Nc2ccc(Cl)cc2)=C(Cl)C(=O)c2[nH]c(-c3ccccc3)nc21. The van der Waals surface area contributed by atoms with Gasteiger partial charge in [-0.15, -0.1) is 0 Å². The number of halogens is 2. The molecule has 1 aliphatic rings. The van der Waals surface area contributed by atoms with Crippen molar-refractivity contribution in [2.45, 2.75) is 0 Å². The summed E-state index contributed by atoms with van der Waals surface area (Å²) in [6, 6.07) is 15.9. The smallest absolute Gasteiger partial charge is 0.231 e. The minimum Gasteiger partial charge on any atom is -0.351 e. The Bertz CT molecular complexity index is 1050. The summed E-state index contributed by atoms with van der Waals surface area (Å²) in [5.41, 5.74) is 1.50. The van der Waals surface area contributed by atoms with Crippen molar-refractivity contribution in [1.29, 1.82) is 0 Å². The van der Waals surface area contributed by atoms with Gasteiger partial charge in [-0.25, -0.2) is 4.98 Å². The highest BCUT2D eigenvalue weighted by Gasteiger charge is 2.35. The third-order valence-corrected chi connectivity index (χ3v) is 4.57. The Kier molecular flexibility index (Phi) is 4.11. The van der Waals surface area contributed by atoms with Gasteiger partial charge in [0.15, 0.2) is 0 Å². The second-order valence-electron chi connectivity index (χ2n) is 5.65. The first-order valence-electron chi connectivity index (χ1n) is 7.72. The van der Waals surface area contributed by atoms with Crippen molar-refractivity contribution >= 4 is 40.5 Å². The van der Waals surface area contributed by atoms with Crippen LogP contribution in [0.15, 0.2) is 65.3 Å². The predicted molar refractivity (Wildman–Crippen MR) is 101 cm³/mol. The largest absolute Gasteiger partial charge is 0.351 e. The molecule has 7 heteroatoms. The highest BCUT2D eigenvalue weighted by Crippen LogP contribution is 2.30. The zero-order valence-corrected chi connectivity index (χ0v) is 14.7. The number of anilines is 1. The molecule has 0 bridgehead atoms. The first-order valence-corrected chi connectivity index (χ1v) is 8.47. The molecule has 3 aromatic rings. The molecule has 0 aliphatic heterocycles. The van der Waals surface area contributed by atoms with E-state index in [-0.39, 0.29) is 22.1 Å². The molecule has 1 heterocycles. The molecule has 4 rings (SSSR count). The molecule has 0 atom stereocenters. The van der Waals surface area contributed by atoms with E-state index in [9.17, 15) is 9.59 Å². The molecule has 0 unspecified atom stereocenters. The van der Waals surface area contributed by atoms with Gasteiger partial charge in [0, 0.05) is 16.3 Å². The molecule has 0 spiro atoms. The number of fused-ring (bicyclic) bond motifs is 1. The summed E-state index contributed by atoms with van der Waals surface area (Å²) in [5, 5.41) is 3.27. The number of carbonyl (C=O) groups excluding carboxylic acids is 2. The van der Waals surface area contributed by atoms with Gasteiger partial charge in [-0.1, -0.05) is 53.5 Å². The number of hydrogen-bond acceptors (Lipinski definition) is 4. The number of nitrogens with zero attached hydrogens (tertiary/aromatic N) is 1. The maximum atomic E-state index is 12.8. The van der Waals surface area contributed by atoms with Crippen LogP contribution in [0.5, 0.6) is 0 Å². The molecule has 0 saturated heterocycles. The standard InChI is InChI=1S/C19H11Cl2N3O2/c20-11-6-8-12(9-7-11)22-14-13(21)17(25)15-16(18(14)26)24-19(23-15)10-4-2-1-3-5-10/h1-9,22H,(H,23,24). The number of imidazole rings is 1. The van der Waals surface area contributed by atoms with E-state index in [1.165, 1.54) is 0 Å². The molecule has 128 valence electrons. The van der Waals surface area contributed by atoms with E-state index in [1.807, 2.05) is 30.3 Å². The lowest BCUT2D eigenvalue weighted by atomic mass is 10.0. The van der Waals surface area contributed by atoms with E-state index in [4.69, 9.17) is 23.2 Å². The van der Waals surface area contributed by atoms with Gasteiger partial charge in [-0.2, -0.15) is 0 Å². The van der Waals surface area contributed by atoms with Crippen LogP contribution in [0.4, 0.5) is 5.69 Å². The molecular weight excluding hydrogens is 373 g/mol. The fourth-order valence-electron chi connectivity index (χ4n) is 2.67. The van der Waals surface area contributed by atoms with Gasteiger partial charge in [0.2, 0.25) is 11.6 Å². The average molecular weight is 384 g/mol. The first-order chi connectivity index (χ1) is 12.5.